The molecule has 0 aliphatic carbocycles. The van der Waals surface area contributed by atoms with Crippen LogP contribution in [0.2, 0.25) is 0 Å². The van der Waals surface area contributed by atoms with Gasteiger partial charge >= 0.3 is 5.97 Å². The highest BCUT2D eigenvalue weighted by Gasteiger charge is 2.22. The number of amides is 1. The van der Waals surface area contributed by atoms with Gasteiger partial charge in [-0.2, -0.15) is 0 Å². The summed E-state index contributed by atoms with van der Waals surface area (Å²) in [5, 5.41) is 1.04. The number of hydrogen-bond acceptors (Lipinski definition) is 3. The number of aromatic amines is 1. The molecule has 3 rings (SSSR count). The molecule has 5 nitrogen and oxygen atoms in total. The Morgan fingerprint density at radius 2 is 2.04 bits per heavy atom. The largest absolute Gasteiger partial charge is 0.462 e. The molecule has 142 valence electrons. The van der Waals surface area contributed by atoms with E-state index in [1.54, 1.807) is 11.8 Å². The molecule has 0 saturated carbocycles. The number of benzene rings is 1. The Morgan fingerprint density at radius 1 is 1.26 bits per heavy atom. The molecule has 1 amide bonds. The van der Waals surface area contributed by atoms with Gasteiger partial charge in [-0.25, -0.2) is 4.79 Å². The van der Waals surface area contributed by atoms with E-state index in [-0.39, 0.29) is 5.91 Å². The van der Waals surface area contributed by atoms with E-state index in [2.05, 4.69) is 18.5 Å². The molecule has 2 aromatic rings. The lowest BCUT2D eigenvalue weighted by atomic mass is 10.0. The van der Waals surface area contributed by atoms with Gasteiger partial charge in [0.15, 0.2) is 0 Å². The first-order valence-electron chi connectivity index (χ1n) is 9.50. The minimum atomic E-state index is -0.424. The number of allylic oxidation sites excluding steroid dienone is 1. The standard InChI is InChI=1S/C22H26N2O3/c1-4-16-10-11-20(25)24(14-16)13-12-18-17-8-6-7-9-19(17)23-21(18)15(3)22(26)27-5-2/h6-9,14,23H,3-5,10-13H2,1-2H3. The van der Waals surface area contributed by atoms with E-state index in [0.29, 0.717) is 37.3 Å². The molecular weight excluding hydrogens is 340 g/mol. The average Bonchev–Trinajstić information content (AvgIpc) is 3.05. The van der Waals surface area contributed by atoms with Crippen molar-refractivity contribution in [1.82, 2.24) is 9.88 Å². The van der Waals surface area contributed by atoms with Gasteiger partial charge in [0.05, 0.1) is 17.9 Å². The lowest BCUT2D eigenvalue weighted by molar-refractivity contribution is -0.136. The number of aromatic nitrogens is 1. The van der Waals surface area contributed by atoms with Crippen LogP contribution in [0.15, 0.2) is 42.6 Å². The van der Waals surface area contributed by atoms with Gasteiger partial charge in [0.1, 0.15) is 0 Å². The zero-order valence-electron chi connectivity index (χ0n) is 16.0. The van der Waals surface area contributed by atoms with E-state index in [0.717, 1.165) is 29.3 Å². The van der Waals surface area contributed by atoms with Crippen molar-refractivity contribution < 1.29 is 14.3 Å². The van der Waals surface area contributed by atoms with Crippen LogP contribution in [-0.4, -0.2) is 34.9 Å². The maximum atomic E-state index is 12.3. The first-order chi connectivity index (χ1) is 13.0. The lowest BCUT2D eigenvalue weighted by Crippen LogP contribution is -2.31. The summed E-state index contributed by atoms with van der Waals surface area (Å²) < 4.78 is 5.12. The van der Waals surface area contributed by atoms with Crippen molar-refractivity contribution in [3.63, 3.8) is 0 Å². The topological polar surface area (TPSA) is 62.4 Å². The molecule has 1 aliphatic rings. The molecule has 27 heavy (non-hydrogen) atoms. The lowest BCUT2D eigenvalue weighted by Gasteiger charge is -2.25. The van der Waals surface area contributed by atoms with Crippen molar-refractivity contribution >= 4 is 28.4 Å². The van der Waals surface area contributed by atoms with Crippen LogP contribution in [0.3, 0.4) is 0 Å². The monoisotopic (exact) mass is 366 g/mol. The van der Waals surface area contributed by atoms with Crippen molar-refractivity contribution in [2.75, 3.05) is 13.2 Å². The number of rotatable bonds is 7. The summed E-state index contributed by atoms with van der Waals surface area (Å²) >= 11 is 0. The number of H-pyrrole nitrogens is 1. The number of nitrogens with zero attached hydrogens (tertiary/aromatic N) is 1. The molecule has 0 radical (unpaired) electrons. The van der Waals surface area contributed by atoms with Crippen molar-refractivity contribution in [3.05, 3.63) is 53.9 Å². The summed E-state index contributed by atoms with van der Waals surface area (Å²) in [5.41, 5.74) is 4.25. The molecule has 0 unspecified atom stereocenters. The van der Waals surface area contributed by atoms with Crippen LogP contribution in [0, 0.1) is 0 Å². The Morgan fingerprint density at radius 3 is 2.78 bits per heavy atom. The molecule has 1 aromatic carbocycles. The van der Waals surface area contributed by atoms with Crippen molar-refractivity contribution in [3.8, 4) is 0 Å². The van der Waals surface area contributed by atoms with E-state index < -0.39 is 5.97 Å². The Hall–Kier alpha value is -2.82. The maximum Gasteiger partial charge on any atom is 0.339 e. The first kappa shape index (κ1) is 19.0. The van der Waals surface area contributed by atoms with E-state index in [4.69, 9.17) is 4.74 Å². The fraction of sp³-hybridized carbons (Fsp3) is 0.364. The van der Waals surface area contributed by atoms with Crippen LogP contribution >= 0.6 is 0 Å². The molecule has 2 heterocycles. The summed E-state index contributed by atoms with van der Waals surface area (Å²) in [5.74, 6) is -0.273. The van der Waals surface area contributed by atoms with E-state index in [9.17, 15) is 9.59 Å². The third kappa shape index (κ3) is 3.97. The van der Waals surface area contributed by atoms with Gasteiger partial charge in [-0.15, -0.1) is 0 Å². The predicted octanol–water partition coefficient (Wildman–Crippen LogP) is 4.20. The van der Waals surface area contributed by atoms with Gasteiger partial charge in [0, 0.05) is 30.1 Å². The van der Waals surface area contributed by atoms with E-state index >= 15 is 0 Å². The van der Waals surface area contributed by atoms with Crippen LogP contribution in [0.1, 0.15) is 44.4 Å². The fourth-order valence-corrected chi connectivity index (χ4v) is 3.50. The molecular formula is C22H26N2O3. The number of hydrogen-bond donors (Lipinski definition) is 1. The van der Waals surface area contributed by atoms with Gasteiger partial charge in [-0.3, -0.25) is 4.79 Å². The minimum absolute atomic E-state index is 0.151. The van der Waals surface area contributed by atoms with Crippen molar-refractivity contribution in [1.29, 1.82) is 0 Å². The normalized spacial score (nSPS) is 14.4. The molecule has 0 bridgehead atoms. The quantitative estimate of drug-likeness (QED) is 0.590. The molecule has 1 aliphatic heterocycles. The highest BCUT2D eigenvalue weighted by atomic mass is 16.5. The highest BCUT2D eigenvalue weighted by molar-refractivity contribution is 6.16. The molecule has 5 heteroatoms. The molecule has 0 spiro atoms. The number of esters is 1. The molecule has 0 fully saturated rings. The number of carbonyl (C=O) groups excluding carboxylic acids is 2. The van der Waals surface area contributed by atoms with Gasteiger partial charge in [0.25, 0.3) is 0 Å². The summed E-state index contributed by atoms with van der Waals surface area (Å²) in [6.45, 7) is 8.71. The van der Waals surface area contributed by atoms with E-state index in [1.807, 2.05) is 30.5 Å². The van der Waals surface area contributed by atoms with Crippen LogP contribution in [-0.2, 0) is 20.7 Å². The predicted molar refractivity (Wildman–Crippen MR) is 107 cm³/mol. The number of fused-ring (bicyclic) bond motifs is 1. The Labute approximate surface area is 159 Å². The molecule has 0 saturated heterocycles. The van der Waals surface area contributed by atoms with Crippen LogP contribution in [0.5, 0.6) is 0 Å². The summed E-state index contributed by atoms with van der Waals surface area (Å²) in [6, 6.07) is 7.91. The third-order valence-electron chi connectivity index (χ3n) is 5.01. The van der Waals surface area contributed by atoms with Crippen LogP contribution in [0.4, 0.5) is 0 Å². The van der Waals surface area contributed by atoms with Gasteiger partial charge in [-0.1, -0.05) is 37.3 Å². The molecule has 1 aromatic heterocycles. The van der Waals surface area contributed by atoms with Crippen molar-refractivity contribution in [2.45, 2.75) is 39.5 Å². The number of carbonyl (C=O) groups is 2. The molecule has 1 N–H and O–H groups in total. The smallest absolute Gasteiger partial charge is 0.339 e. The number of para-hydroxylation sites is 1. The second kappa shape index (κ2) is 8.25. The van der Waals surface area contributed by atoms with Gasteiger partial charge in [0.2, 0.25) is 5.91 Å². The highest BCUT2D eigenvalue weighted by Crippen LogP contribution is 2.29. The zero-order chi connectivity index (χ0) is 19.4. The molecule has 0 atom stereocenters. The average molecular weight is 366 g/mol. The second-order valence-corrected chi connectivity index (χ2v) is 6.70. The summed E-state index contributed by atoms with van der Waals surface area (Å²) in [6.07, 6.45) is 5.00. The number of nitrogens with one attached hydrogen (secondary N) is 1. The Kier molecular flexibility index (Phi) is 5.79. The Balaban J connectivity index is 1.90. The summed E-state index contributed by atoms with van der Waals surface area (Å²) in [4.78, 5) is 29.6. The third-order valence-corrected chi connectivity index (χ3v) is 5.01. The maximum absolute atomic E-state index is 12.3. The van der Waals surface area contributed by atoms with Gasteiger partial charge < -0.3 is 14.6 Å². The fourth-order valence-electron chi connectivity index (χ4n) is 3.50. The summed E-state index contributed by atoms with van der Waals surface area (Å²) in [7, 11) is 0. The van der Waals surface area contributed by atoms with Crippen molar-refractivity contribution in [2.24, 2.45) is 0 Å². The minimum Gasteiger partial charge on any atom is -0.462 e. The second-order valence-electron chi connectivity index (χ2n) is 6.70. The zero-order valence-corrected chi connectivity index (χ0v) is 16.0. The van der Waals surface area contributed by atoms with Crippen LogP contribution < -0.4 is 0 Å². The first-order valence-corrected chi connectivity index (χ1v) is 9.50. The van der Waals surface area contributed by atoms with Gasteiger partial charge in [-0.05, 0) is 37.8 Å². The van der Waals surface area contributed by atoms with E-state index in [1.165, 1.54) is 5.57 Å². The Bertz CT molecular complexity index is 907. The number of ether oxygens (including phenoxy) is 1. The SMILES string of the molecule is C=C(C(=O)OCC)c1[nH]c2ccccc2c1CCN1C=C(CC)CCC1=O. The van der Waals surface area contributed by atoms with Crippen LogP contribution in [0.25, 0.3) is 16.5 Å².